The van der Waals surface area contributed by atoms with Crippen molar-refractivity contribution in [1.82, 2.24) is 0 Å². The van der Waals surface area contributed by atoms with Gasteiger partial charge in [0.05, 0.1) is 15.4 Å². The summed E-state index contributed by atoms with van der Waals surface area (Å²) in [7, 11) is -6.00. The van der Waals surface area contributed by atoms with Crippen LogP contribution in [-0.4, -0.2) is 7.25 Å². The number of thiol groups is 1. The third-order valence-corrected chi connectivity index (χ3v) is 5.37. The highest BCUT2D eigenvalue weighted by Gasteiger charge is 2.29. The zero-order chi connectivity index (χ0) is 16.3. The van der Waals surface area contributed by atoms with Crippen LogP contribution in [0.2, 0.25) is 0 Å². The Labute approximate surface area is 131 Å². The van der Waals surface area contributed by atoms with Gasteiger partial charge in [-0.25, -0.2) is 8.78 Å². The minimum atomic E-state index is -6.00. The van der Waals surface area contributed by atoms with Crippen LogP contribution in [0.4, 0.5) is 26.0 Å². The first-order valence-corrected chi connectivity index (χ1v) is 7.74. The Morgan fingerprint density at radius 2 is 1.45 bits per heavy atom. The van der Waals surface area contributed by atoms with E-state index < -0.39 is 13.7 Å². The van der Waals surface area contributed by atoms with E-state index in [2.05, 4.69) is 0 Å². The van der Waals surface area contributed by atoms with E-state index in [0.29, 0.717) is 0 Å². The zero-order valence-corrected chi connectivity index (χ0v) is 12.5. The highest BCUT2D eigenvalue weighted by Crippen LogP contribution is 2.43. The van der Waals surface area contributed by atoms with Crippen LogP contribution >= 0.6 is 11.8 Å². The second-order valence-electron chi connectivity index (χ2n) is 4.17. The third kappa shape index (κ3) is 4.64. The summed E-state index contributed by atoms with van der Waals surface area (Å²) < 4.78 is 64.8. The lowest BCUT2D eigenvalue weighted by Gasteiger charge is -2.13. The van der Waals surface area contributed by atoms with Crippen LogP contribution in [0.5, 0.6) is 0 Å². The Hall–Kier alpha value is -1.22. The molecule has 0 aromatic heterocycles. The number of rotatable bonds is 1. The van der Waals surface area contributed by atoms with Crippen LogP contribution in [0.1, 0.15) is 12.0 Å². The summed E-state index contributed by atoms with van der Waals surface area (Å²) in [4.78, 5) is 3.97. The van der Waals surface area contributed by atoms with E-state index in [1.807, 2.05) is 30.3 Å². The third-order valence-electron chi connectivity index (χ3n) is 2.58. The second-order valence-corrected chi connectivity index (χ2v) is 6.41. The van der Waals surface area contributed by atoms with Crippen molar-refractivity contribution in [3.63, 3.8) is 0 Å². The molecule has 0 fully saturated rings. The van der Waals surface area contributed by atoms with Crippen molar-refractivity contribution in [1.29, 1.82) is 0 Å². The first-order chi connectivity index (χ1) is 10.3. The molecule has 0 amide bonds. The molecular formula is C13H9BF6S2. The van der Waals surface area contributed by atoms with Crippen molar-refractivity contribution in [3.8, 4) is 0 Å². The molecule has 0 saturated carbocycles. The molecule has 0 saturated heterocycles. The predicted molar refractivity (Wildman–Crippen MR) is 77.4 cm³/mol. The van der Waals surface area contributed by atoms with Crippen LogP contribution in [-0.2, 0) is 11.8 Å². The van der Waals surface area contributed by atoms with Gasteiger partial charge in [-0.2, -0.15) is 0 Å². The Morgan fingerprint density at radius 3 is 2.09 bits per heavy atom. The highest BCUT2D eigenvalue weighted by atomic mass is 32.2. The quantitative estimate of drug-likeness (QED) is 0.237. The zero-order valence-electron chi connectivity index (χ0n) is 10.8. The average molecular weight is 354 g/mol. The number of hydrogen-bond donors (Lipinski definition) is 0. The fourth-order valence-corrected chi connectivity index (χ4v) is 4.33. The molecular weight excluding hydrogens is 345 g/mol. The molecule has 9 heteroatoms. The summed E-state index contributed by atoms with van der Waals surface area (Å²) in [6, 6.07) is 13.1. The molecule has 0 radical (unpaired) electrons. The molecule has 1 aliphatic heterocycles. The van der Waals surface area contributed by atoms with E-state index in [4.69, 9.17) is 0 Å². The van der Waals surface area contributed by atoms with E-state index in [-0.39, 0.29) is 5.56 Å². The molecule has 0 nitrogen and oxygen atoms in total. The summed E-state index contributed by atoms with van der Waals surface area (Å²) in [5.41, 5.74) is 0.158. The Bertz CT molecular complexity index is 653. The van der Waals surface area contributed by atoms with Crippen LogP contribution < -0.4 is 0 Å². The van der Waals surface area contributed by atoms with Crippen molar-refractivity contribution in [2.24, 2.45) is 0 Å². The van der Waals surface area contributed by atoms with Gasteiger partial charge >= 0.3 is 7.25 Å². The van der Waals surface area contributed by atoms with Gasteiger partial charge in [-0.15, -0.1) is 0 Å². The van der Waals surface area contributed by atoms with Gasteiger partial charge in [0.2, 0.25) is 0 Å². The maximum atomic E-state index is 12.9. The lowest BCUT2D eigenvalue weighted by molar-refractivity contribution is 0.147. The number of hydrogen-bond acceptors (Lipinski definition) is 1. The average Bonchev–Trinajstić information content (AvgIpc) is 2.42. The maximum Gasteiger partial charge on any atom is 0.673 e. The van der Waals surface area contributed by atoms with Gasteiger partial charge in [0.1, 0.15) is 0 Å². The van der Waals surface area contributed by atoms with Gasteiger partial charge in [-0.05, 0) is 24.3 Å². The van der Waals surface area contributed by atoms with Crippen LogP contribution in [0.3, 0.4) is 0 Å². The van der Waals surface area contributed by atoms with E-state index >= 15 is 0 Å². The molecule has 1 heterocycles. The van der Waals surface area contributed by atoms with E-state index in [0.717, 1.165) is 31.3 Å². The van der Waals surface area contributed by atoms with Crippen LogP contribution in [0.25, 0.3) is 0 Å². The fourth-order valence-electron chi connectivity index (χ4n) is 1.79. The van der Waals surface area contributed by atoms with Gasteiger partial charge in [0.25, 0.3) is 6.43 Å². The molecule has 0 atom stereocenters. The number of fused-ring (bicyclic) bond motifs is 2. The fraction of sp³-hybridized carbons (Fsp3) is 0.0769. The van der Waals surface area contributed by atoms with Crippen LogP contribution in [0, 0.1) is 0 Å². The second kappa shape index (κ2) is 6.91. The Kier molecular flexibility index (Phi) is 5.39. The van der Waals surface area contributed by atoms with E-state index in [1.165, 1.54) is 6.07 Å². The number of benzene rings is 2. The summed E-state index contributed by atoms with van der Waals surface area (Å²) in [6.07, 6.45) is -2.40. The minimum Gasteiger partial charge on any atom is -0.418 e. The molecule has 3 rings (SSSR count). The molecule has 0 bridgehead atoms. The molecule has 0 N–H and O–H groups in total. The number of alkyl halides is 2. The maximum absolute atomic E-state index is 12.9. The monoisotopic (exact) mass is 354 g/mol. The lowest BCUT2D eigenvalue weighted by Crippen LogP contribution is -2.02. The highest BCUT2D eigenvalue weighted by molar-refractivity contribution is 8.00. The summed E-state index contributed by atoms with van der Waals surface area (Å²) in [5.74, 6) is 0. The van der Waals surface area contributed by atoms with Crippen molar-refractivity contribution >= 4 is 30.8 Å². The van der Waals surface area contributed by atoms with Gasteiger partial charge in [0.15, 0.2) is 9.79 Å². The molecule has 0 spiro atoms. The first-order valence-electron chi connectivity index (χ1n) is 6.02. The molecule has 0 unspecified atom stereocenters. The summed E-state index contributed by atoms with van der Waals surface area (Å²) in [6.45, 7) is 0. The van der Waals surface area contributed by atoms with Gasteiger partial charge in [-0.1, -0.05) is 30.0 Å². The van der Waals surface area contributed by atoms with Gasteiger partial charge in [-0.3, -0.25) is 0 Å². The van der Waals surface area contributed by atoms with E-state index in [1.54, 1.807) is 17.8 Å². The van der Waals surface area contributed by atoms with Crippen molar-refractivity contribution < 1.29 is 26.0 Å². The predicted octanol–water partition coefficient (Wildman–Crippen LogP) is 5.62. The van der Waals surface area contributed by atoms with Crippen molar-refractivity contribution in [3.05, 3.63) is 48.0 Å². The van der Waals surface area contributed by atoms with Crippen molar-refractivity contribution in [2.45, 2.75) is 26.0 Å². The smallest absolute Gasteiger partial charge is 0.418 e. The molecule has 0 aliphatic carbocycles. The minimum absolute atomic E-state index is 0.158. The first kappa shape index (κ1) is 17.1. The Balaban J connectivity index is 0.000000309. The molecule has 2 aromatic rings. The summed E-state index contributed by atoms with van der Waals surface area (Å²) in [5, 5.41) is 0. The number of halogens is 6. The lowest BCUT2D eigenvalue weighted by atomic mass is 10.2. The topological polar surface area (TPSA) is 0 Å². The molecule has 2 aromatic carbocycles. The normalized spacial score (nSPS) is 13.0. The molecule has 118 valence electrons. The van der Waals surface area contributed by atoms with Crippen LogP contribution in [0.15, 0.2) is 62.0 Å². The Morgan fingerprint density at radius 1 is 0.864 bits per heavy atom. The van der Waals surface area contributed by atoms with Crippen molar-refractivity contribution in [2.75, 3.05) is 0 Å². The van der Waals surface area contributed by atoms with Gasteiger partial charge in [0, 0.05) is 11.8 Å². The van der Waals surface area contributed by atoms with E-state index in [9.17, 15) is 26.0 Å². The largest absolute Gasteiger partial charge is 0.673 e. The standard InChI is InChI=1S/C13H8F2S2.BF4/c14-13(15)8-4-3-7-11-12(8)17-10-6-2-1-5-9(10)16-11;2-1(3,4)5/h1-7,13H;/q;-1/p+1. The summed E-state index contributed by atoms with van der Waals surface area (Å²) >= 11 is 2.46. The SMILES string of the molecule is FC(F)c1cccc2c1[SH+]c1ccccc1S2.F[B-](F)(F)F. The molecule has 1 aliphatic rings. The molecule has 22 heavy (non-hydrogen) atoms. The van der Waals surface area contributed by atoms with Gasteiger partial charge < -0.3 is 17.3 Å².